The van der Waals surface area contributed by atoms with Crippen molar-refractivity contribution in [3.8, 4) is 6.07 Å². The number of nitrogens with zero attached hydrogens (tertiary/aromatic N) is 2. The molecule has 30 heavy (non-hydrogen) atoms. The maximum absolute atomic E-state index is 13.0. The van der Waals surface area contributed by atoms with Crippen LogP contribution in [0.4, 0.5) is 0 Å². The number of nitriles is 1. The summed E-state index contributed by atoms with van der Waals surface area (Å²) in [6, 6.07) is 10.4. The molecule has 2 heterocycles. The lowest BCUT2D eigenvalue weighted by Crippen LogP contribution is -2.73. The van der Waals surface area contributed by atoms with Gasteiger partial charge in [-0.1, -0.05) is 30.3 Å². The summed E-state index contributed by atoms with van der Waals surface area (Å²) in [5.74, 6) is -0.118. The molecule has 10 heteroatoms. The molecule has 1 aromatic carbocycles. The van der Waals surface area contributed by atoms with E-state index in [1.807, 2.05) is 30.3 Å². The zero-order valence-electron chi connectivity index (χ0n) is 16.7. The van der Waals surface area contributed by atoms with Gasteiger partial charge in [-0.15, -0.1) is 0 Å². The van der Waals surface area contributed by atoms with Gasteiger partial charge in [0, 0.05) is 18.6 Å². The summed E-state index contributed by atoms with van der Waals surface area (Å²) in [6.07, 6.45) is 0.677. The molecule has 1 spiro atoms. The second-order valence-corrected chi connectivity index (χ2v) is 8.48. The van der Waals surface area contributed by atoms with Gasteiger partial charge in [0.2, 0.25) is 17.7 Å². The molecule has 1 aromatic rings. The molecular weight excluding hydrogens is 422 g/mol. The van der Waals surface area contributed by atoms with Gasteiger partial charge in [0.1, 0.15) is 5.54 Å². The van der Waals surface area contributed by atoms with Gasteiger partial charge >= 0.3 is 0 Å². The van der Waals surface area contributed by atoms with Crippen molar-refractivity contribution in [2.45, 2.75) is 37.4 Å². The summed E-state index contributed by atoms with van der Waals surface area (Å²) in [6.45, 7) is 2.15. The molecule has 2 aliphatic rings. The summed E-state index contributed by atoms with van der Waals surface area (Å²) >= 11 is 7.88. The minimum Gasteiger partial charge on any atom is -0.370 e. The van der Waals surface area contributed by atoms with Crippen LogP contribution < -0.4 is 16.8 Å². The number of nitrogens with two attached hydrogens (primary N) is 2. The standard InChI is InChI=1S/C17H20N4O2S.C3H7NOS/c1-16(9-18)8-17(10-20-15(17)23)21(14(22)12(19)7-24)13(16)11-5-3-2-4-6-11;4-3(5)1-2-6/h2-6,12-13,24H,7-8,10,19H2,1H3,(H,20,23);6H,1-2H2,(H2,4,5). The smallest absolute Gasteiger partial charge is 0.248 e. The third-order valence-corrected chi connectivity index (χ3v) is 6.04. The summed E-state index contributed by atoms with van der Waals surface area (Å²) in [5.41, 5.74) is 9.61. The van der Waals surface area contributed by atoms with Crippen LogP contribution in [-0.2, 0) is 14.4 Å². The largest absolute Gasteiger partial charge is 0.370 e. The topological polar surface area (TPSA) is 142 Å². The van der Waals surface area contributed by atoms with Gasteiger partial charge in [0.15, 0.2) is 0 Å². The van der Waals surface area contributed by atoms with E-state index < -0.39 is 23.0 Å². The predicted molar refractivity (Wildman–Crippen MR) is 120 cm³/mol. The van der Waals surface area contributed by atoms with Crippen molar-refractivity contribution in [3.05, 3.63) is 35.9 Å². The van der Waals surface area contributed by atoms with Crippen LogP contribution in [0.25, 0.3) is 0 Å². The molecule has 0 aromatic heterocycles. The highest BCUT2D eigenvalue weighted by atomic mass is 32.1. The van der Waals surface area contributed by atoms with Crippen LogP contribution in [-0.4, -0.2) is 52.3 Å². The van der Waals surface area contributed by atoms with Crippen LogP contribution in [0, 0.1) is 16.7 Å². The highest BCUT2D eigenvalue weighted by Gasteiger charge is 2.67. The Bertz CT molecular complexity index is 847. The van der Waals surface area contributed by atoms with Crippen molar-refractivity contribution in [1.82, 2.24) is 10.2 Å². The number of benzene rings is 1. The fraction of sp³-hybridized carbons (Fsp3) is 0.500. The number of carbonyl (C=O) groups is 3. The molecule has 0 bridgehead atoms. The lowest BCUT2D eigenvalue weighted by molar-refractivity contribution is -0.154. The molecule has 2 fully saturated rings. The van der Waals surface area contributed by atoms with E-state index in [1.165, 1.54) is 0 Å². The number of nitrogens with one attached hydrogen (secondary N) is 1. The van der Waals surface area contributed by atoms with Gasteiger partial charge in [0.25, 0.3) is 0 Å². The van der Waals surface area contributed by atoms with Gasteiger partial charge in [-0.3, -0.25) is 14.4 Å². The Balaban J connectivity index is 0.000000469. The molecule has 5 N–H and O–H groups in total. The lowest BCUT2D eigenvalue weighted by atomic mass is 9.75. The number of primary amides is 1. The van der Waals surface area contributed by atoms with Crippen molar-refractivity contribution in [2.75, 3.05) is 18.1 Å². The Hall–Kier alpha value is -2.22. The van der Waals surface area contributed by atoms with E-state index in [1.54, 1.807) is 11.8 Å². The SMILES string of the molecule is CC1(C#N)CC2(CNC2=O)N(C(=O)C(N)CS)C1c1ccccc1.NC(=O)CCS. The van der Waals surface area contributed by atoms with E-state index in [0.29, 0.717) is 25.1 Å². The first-order valence-electron chi connectivity index (χ1n) is 9.50. The van der Waals surface area contributed by atoms with E-state index in [9.17, 15) is 19.6 Å². The Kier molecular flexibility index (Phi) is 7.80. The first-order valence-corrected chi connectivity index (χ1v) is 10.8. The molecule has 4 atom stereocenters. The fourth-order valence-electron chi connectivity index (χ4n) is 3.98. The molecule has 2 saturated heterocycles. The molecule has 0 saturated carbocycles. The van der Waals surface area contributed by atoms with Gasteiger partial charge in [0.05, 0.1) is 30.1 Å². The normalized spacial score (nSPS) is 27.9. The van der Waals surface area contributed by atoms with Crippen LogP contribution in [0.15, 0.2) is 30.3 Å². The molecule has 3 amide bonds. The lowest BCUT2D eigenvalue weighted by Gasteiger charge is -2.46. The zero-order valence-corrected chi connectivity index (χ0v) is 18.5. The third kappa shape index (κ3) is 4.43. The van der Waals surface area contributed by atoms with E-state index in [4.69, 9.17) is 11.5 Å². The van der Waals surface area contributed by atoms with E-state index >= 15 is 0 Å². The van der Waals surface area contributed by atoms with Crippen molar-refractivity contribution in [1.29, 1.82) is 5.26 Å². The zero-order chi connectivity index (χ0) is 22.5. The number of β-lactam (4-membered cyclic amide) rings is 1. The van der Waals surface area contributed by atoms with E-state index in [2.05, 4.69) is 36.6 Å². The second kappa shape index (κ2) is 9.73. The molecule has 3 rings (SSSR count). The predicted octanol–water partition coefficient (Wildman–Crippen LogP) is 0.407. The fourth-order valence-corrected chi connectivity index (χ4v) is 4.36. The van der Waals surface area contributed by atoms with Gasteiger partial charge in [-0.25, -0.2) is 0 Å². The number of thiol groups is 2. The quantitative estimate of drug-likeness (QED) is 0.327. The van der Waals surface area contributed by atoms with Crippen LogP contribution in [0.2, 0.25) is 0 Å². The van der Waals surface area contributed by atoms with E-state index in [-0.39, 0.29) is 23.5 Å². The highest BCUT2D eigenvalue weighted by Crippen LogP contribution is 2.56. The monoisotopic (exact) mass is 449 g/mol. The average molecular weight is 450 g/mol. The number of carbonyl (C=O) groups excluding carboxylic acids is 3. The molecule has 4 unspecified atom stereocenters. The molecule has 0 radical (unpaired) electrons. The Labute approximate surface area is 187 Å². The van der Waals surface area contributed by atoms with Crippen molar-refractivity contribution in [3.63, 3.8) is 0 Å². The van der Waals surface area contributed by atoms with Crippen molar-refractivity contribution < 1.29 is 14.4 Å². The molecule has 162 valence electrons. The Morgan fingerprint density at radius 3 is 2.37 bits per heavy atom. The number of hydrogen-bond donors (Lipinski definition) is 5. The first kappa shape index (κ1) is 24.1. The summed E-state index contributed by atoms with van der Waals surface area (Å²) < 4.78 is 0. The minimum absolute atomic E-state index is 0.178. The third-order valence-electron chi connectivity index (χ3n) is 5.43. The van der Waals surface area contributed by atoms with Gasteiger partial charge in [-0.2, -0.15) is 30.5 Å². The highest BCUT2D eigenvalue weighted by molar-refractivity contribution is 7.80. The van der Waals surface area contributed by atoms with Crippen LogP contribution in [0.1, 0.15) is 31.4 Å². The Morgan fingerprint density at radius 2 is 2.00 bits per heavy atom. The average Bonchev–Trinajstić information content (AvgIpc) is 3.04. The summed E-state index contributed by atoms with van der Waals surface area (Å²) in [5, 5.41) is 12.5. The first-order chi connectivity index (χ1) is 14.2. The Morgan fingerprint density at radius 1 is 1.37 bits per heavy atom. The number of amides is 3. The van der Waals surface area contributed by atoms with Gasteiger partial charge < -0.3 is 21.7 Å². The number of likely N-dealkylation sites (tertiary alicyclic amines) is 1. The molecule has 8 nitrogen and oxygen atoms in total. The van der Waals surface area contributed by atoms with Crippen LogP contribution >= 0.6 is 25.3 Å². The molecule has 2 aliphatic heterocycles. The molecule has 0 aliphatic carbocycles. The maximum Gasteiger partial charge on any atom is 0.248 e. The summed E-state index contributed by atoms with van der Waals surface area (Å²) in [4.78, 5) is 36.7. The van der Waals surface area contributed by atoms with Gasteiger partial charge in [-0.05, 0) is 18.2 Å². The minimum atomic E-state index is -0.997. The van der Waals surface area contributed by atoms with Crippen molar-refractivity contribution in [2.24, 2.45) is 16.9 Å². The number of hydrogen-bond acceptors (Lipinski definition) is 7. The van der Waals surface area contributed by atoms with Crippen LogP contribution in [0.5, 0.6) is 0 Å². The van der Waals surface area contributed by atoms with E-state index in [0.717, 1.165) is 5.56 Å². The number of rotatable bonds is 5. The maximum atomic E-state index is 13.0. The summed E-state index contributed by atoms with van der Waals surface area (Å²) in [7, 11) is 0. The van der Waals surface area contributed by atoms with Crippen molar-refractivity contribution >= 4 is 43.0 Å². The second-order valence-electron chi connectivity index (χ2n) is 7.67. The molecular formula is C20H27N5O3S2. The van der Waals surface area contributed by atoms with Crippen LogP contribution in [0.3, 0.4) is 0 Å².